The quantitative estimate of drug-likeness (QED) is 0.474. The number of rotatable bonds is 0. The van der Waals surface area contributed by atoms with E-state index in [2.05, 4.69) is 30.4 Å². The molecule has 0 heterocycles. The second-order valence-corrected chi connectivity index (χ2v) is 3.09. The van der Waals surface area contributed by atoms with Crippen LogP contribution in [0.2, 0.25) is 0 Å². The number of allylic oxidation sites excluding steroid dienone is 6. The van der Waals surface area contributed by atoms with E-state index in [1.54, 1.807) is 0 Å². The van der Waals surface area contributed by atoms with Crippen LogP contribution in [0.5, 0.6) is 0 Å². The molecule has 0 aromatic carbocycles. The molecular formula is C12H17. The van der Waals surface area contributed by atoms with E-state index in [0.29, 0.717) is 0 Å². The standard InChI is InChI=1S/C12H17/c1-2-4-6-8-10-12-11-9-7-5-3-1/h1-3,11-12H,4,6-10H2/b2-1+,5-3?,12-11-. The summed E-state index contributed by atoms with van der Waals surface area (Å²) in [5.41, 5.74) is 0. The lowest BCUT2D eigenvalue weighted by molar-refractivity contribution is 0.759. The molecule has 0 fully saturated rings. The van der Waals surface area contributed by atoms with Gasteiger partial charge in [0.25, 0.3) is 0 Å². The minimum absolute atomic E-state index is 1.06. The number of hydrogen-bond donors (Lipinski definition) is 0. The molecule has 0 amide bonds. The Labute approximate surface area is 75.7 Å². The minimum Gasteiger partial charge on any atom is -0.0885 e. The lowest BCUT2D eigenvalue weighted by Gasteiger charge is -1.93. The van der Waals surface area contributed by atoms with Gasteiger partial charge >= 0.3 is 0 Å². The minimum atomic E-state index is 1.06. The molecule has 12 heavy (non-hydrogen) atoms. The van der Waals surface area contributed by atoms with E-state index in [1.807, 2.05) is 6.08 Å². The summed E-state index contributed by atoms with van der Waals surface area (Å²) in [6.07, 6.45) is 21.5. The maximum Gasteiger partial charge on any atom is -0.0241 e. The SMILES string of the molecule is [C]1=C\C=C\CCCC/C=C\CC/1. The Hall–Kier alpha value is -0.780. The third-order valence-electron chi connectivity index (χ3n) is 1.96. The third kappa shape index (κ3) is 4.95. The Bertz CT molecular complexity index is 172. The fourth-order valence-electron chi connectivity index (χ4n) is 1.24. The molecule has 1 radical (unpaired) electrons. The maximum atomic E-state index is 3.24. The highest BCUT2D eigenvalue weighted by Crippen LogP contribution is 2.04. The molecule has 0 aromatic heterocycles. The number of hydrogen-bond acceptors (Lipinski definition) is 0. The maximum absolute atomic E-state index is 3.24. The van der Waals surface area contributed by atoms with Crippen molar-refractivity contribution in [3.63, 3.8) is 0 Å². The molecule has 0 nitrogen and oxygen atoms in total. The first-order valence-electron chi connectivity index (χ1n) is 4.87. The molecule has 0 atom stereocenters. The molecule has 0 heteroatoms. The summed E-state index contributed by atoms with van der Waals surface area (Å²) in [4.78, 5) is 0. The van der Waals surface area contributed by atoms with Crippen molar-refractivity contribution in [2.24, 2.45) is 0 Å². The van der Waals surface area contributed by atoms with Crippen LogP contribution < -0.4 is 0 Å². The largest absolute Gasteiger partial charge is 0.0885 e. The van der Waals surface area contributed by atoms with Gasteiger partial charge in [-0.2, -0.15) is 0 Å². The second-order valence-electron chi connectivity index (χ2n) is 3.09. The molecule has 0 unspecified atom stereocenters. The molecule has 1 aliphatic rings. The molecule has 1 rings (SSSR count). The van der Waals surface area contributed by atoms with Crippen molar-refractivity contribution in [2.45, 2.75) is 38.5 Å². The fourth-order valence-corrected chi connectivity index (χ4v) is 1.24. The van der Waals surface area contributed by atoms with Crippen molar-refractivity contribution >= 4 is 0 Å². The van der Waals surface area contributed by atoms with E-state index in [-0.39, 0.29) is 0 Å². The summed E-state index contributed by atoms with van der Waals surface area (Å²) in [5.74, 6) is 0. The van der Waals surface area contributed by atoms with Crippen molar-refractivity contribution in [1.29, 1.82) is 0 Å². The van der Waals surface area contributed by atoms with Crippen LogP contribution in [-0.4, -0.2) is 0 Å². The van der Waals surface area contributed by atoms with E-state index in [4.69, 9.17) is 0 Å². The first-order valence-corrected chi connectivity index (χ1v) is 4.87. The van der Waals surface area contributed by atoms with Gasteiger partial charge in [0.05, 0.1) is 0 Å². The summed E-state index contributed by atoms with van der Waals surface area (Å²) in [6, 6.07) is 0. The highest BCUT2D eigenvalue weighted by Gasteiger charge is 1.84. The summed E-state index contributed by atoms with van der Waals surface area (Å²) < 4.78 is 0. The molecule has 0 aromatic rings. The van der Waals surface area contributed by atoms with Gasteiger partial charge in [-0.15, -0.1) is 0 Å². The van der Waals surface area contributed by atoms with Crippen molar-refractivity contribution in [1.82, 2.24) is 0 Å². The summed E-state index contributed by atoms with van der Waals surface area (Å²) in [7, 11) is 0. The van der Waals surface area contributed by atoms with Crippen LogP contribution >= 0.6 is 0 Å². The summed E-state index contributed by atoms with van der Waals surface area (Å²) in [5, 5.41) is 0. The van der Waals surface area contributed by atoms with Gasteiger partial charge in [-0.3, -0.25) is 0 Å². The monoisotopic (exact) mass is 161 g/mol. The van der Waals surface area contributed by atoms with Crippen LogP contribution in [-0.2, 0) is 0 Å². The smallest absolute Gasteiger partial charge is 0.0241 e. The zero-order valence-corrected chi connectivity index (χ0v) is 7.63. The van der Waals surface area contributed by atoms with Crippen LogP contribution in [0.4, 0.5) is 0 Å². The highest BCUT2D eigenvalue weighted by molar-refractivity contribution is 4.99. The average Bonchev–Trinajstić information content (AvgIpc) is 2.05. The van der Waals surface area contributed by atoms with Crippen molar-refractivity contribution in [2.75, 3.05) is 0 Å². The molecule has 0 spiro atoms. The lowest BCUT2D eigenvalue weighted by Crippen LogP contribution is -1.74. The van der Waals surface area contributed by atoms with E-state index in [9.17, 15) is 0 Å². The van der Waals surface area contributed by atoms with E-state index >= 15 is 0 Å². The van der Waals surface area contributed by atoms with Crippen LogP contribution in [0, 0.1) is 6.08 Å². The normalized spacial score (nSPS) is 28.0. The Morgan fingerprint density at radius 1 is 0.833 bits per heavy atom. The van der Waals surface area contributed by atoms with Gasteiger partial charge in [-0.25, -0.2) is 0 Å². The molecule has 0 aliphatic heterocycles. The third-order valence-corrected chi connectivity index (χ3v) is 1.96. The molecule has 65 valence electrons. The van der Waals surface area contributed by atoms with Crippen LogP contribution in [0.25, 0.3) is 0 Å². The van der Waals surface area contributed by atoms with Gasteiger partial charge in [0.2, 0.25) is 0 Å². The van der Waals surface area contributed by atoms with Crippen LogP contribution in [0.15, 0.2) is 30.4 Å². The van der Waals surface area contributed by atoms with Crippen molar-refractivity contribution < 1.29 is 0 Å². The van der Waals surface area contributed by atoms with Crippen molar-refractivity contribution in [3.05, 3.63) is 36.5 Å². The molecule has 0 saturated carbocycles. The van der Waals surface area contributed by atoms with Gasteiger partial charge in [-0.1, -0.05) is 30.4 Å². The van der Waals surface area contributed by atoms with Gasteiger partial charge in [-0.05, 0) is 44.6 Å². The Balaban J connectivity index is 2.31. The zero-order chi connectivity index (χ0) is 8.49. The first kappa shape index (κ1) is 9.31. The predicted octanol–water partition coefficient (Wildman–Crippen LogP) is 3.81. The molecule has 1 aliphatic carbocycles. The van der Waals surface area contributed by atoms with Crippen LogP contribution in [0.1, 0.15) is 38.5 Å². The molecular weight excluding hydrogens is 144 g/mol. The molecule has 0 N–H and O–H groups in total. The molecule has 0 saturated heterocycles. The lowest BCUT2D eigenvalue weighted by atomic mass is 10.1. The highest BCUT2D eigenvalue weighted by atomic mass is 13.9. The van der Waals surface area contributed by atoms with Gasteiger partial charge in [0, 0.05) is 0 Å². The Kier molecular flexibility index (Phi) is 5.35. The average molecular weight is 161 g/mol. The topological polar surface area (TPSA) is 0 Å². The van der Waals surface area contributed by atoms with E-state index in [1.165, 1.54) is 25.7 Å². The Morgan fingerprint density at radius 2 is 1.58 bits per heavy atom. The fraction of sp³-hybridized carbons (Fsp3) is 0.500. The van der Waals surface area contributed by atoms with E-state index < -0.39 is 0 Å². The van der Waals surface area contributed by atoms with Crippen molar-refractivity contribution in [3.8, 4) is 0 Å². The zero-order valence-electron chi connectivity index (χ0n) is 7.63. The molecule has 0 bridgehead atoms. The summed E-state index contributed by atoms with van der Waals surface area (Å²) >= 11 is 0. The first-order chi connectivity index (χ1) is 6.00. The van der Waals surface area contributed by atoms with Gasteiger partial charge < -0.3 is 0 Å². The van der Waals surface area contributed by atoms with E-state index in [0.717, 1.165) is 12.8 Å². The predicted molar refractivity (Wildman–Crippen MR) is 53.8 cm³/mol. The van der Waals surface area contributed by atoms with Gasteiger partial charge in [0.15, 0.2) is 0 Å². The Morgan fingerprint density at radius 3 is 2.50 bits per heavy atom. The van der Waals surface area contributed by atoms with Gasteiger partial charge in [0.1, 0.15) is 0 Å². The van der Waals surface area contributed by atoms with Crippen LogP contribution in [0.3, 0.4) is 0 Å². The second kappa shape index (κ2) is 6.90. The summed E-state index contributed by atoms with van der Waals surface area (Å²) in [6.45, 7) is 0.